The van der Waals surface area contributed by atoms with E-state index in [1.807, 2.05) is 37.3 Å². The first kappa shape index (κ1) is 24.1. The first-order valence-electron chi connectivity index (χ1n) is 12.0. The minimum Gasteiger partial charge on any atom is -0.497 e. The number of allylic oxidation sites excluding steroid dienone is 2. The van der Waals surface area contributed by atoms with E-state index in [1.54, 1.807) is 44.6 Å². The fraction of sp³-hybridized carbons (Fsp3) is 0.286. The van der Waals surface area contributed by atoms with E-state index in [4.69, 9.17) is 14.2 Å². The molecule has 0 unspecified atom stereocenters. The Kier molecular flexibility index (Phi) is 6.53. The molecule has 0 spiro atoms. The Bertz CT molecular complexity index is 1400. The maximum atomic E-state index is 13.3. The third kappa shape index (κ3) is 4.37. The van der Waals surface area contributed by atoms with Crippen LogP contribution >= 0.6 is 0 Å². The number of sulfonamides is 1. The van der Waals surface area contributed by atoms with E-state index in [2.05, 4.69) is 22.2 Å². The molecule has 8 heteroatoms. The maximum Gasteiger partial charge on any atom is 0.262 e. The molecule has 3 atom stereocenters. The highest BCUT2D eigenvalue weighted by Gasteiger charge is 2.39. The number of hydrogen-bond donors (Lipinski definition) is 2. The van der Waals surface area contributed by atoms with E-state index < -0.39 is 10.0 Å². The molecule has 2 aliphatic rings. The van der Waals surface area contributed by atoms with Crippen molar-refractivity contribution in [3.05, 3.63) is 83.9 Å². The summed E-state index contributed by atoms with van der Waals surface area (Å²) in [6, 6.07) is 18.1. The number of para-hydroxylation sites is 2. The van der Waals surface area contributed by atoms with Gasteiger partial charge in [0.2, 0.25) is 0 Å². The Balaban J connectivity index is 1.50. The Hall–Kier alpha value is -3.65. The van der Waals surface area contributed by atoms with E-state index >= 15 is 0 Å². The molecule has 188 valence electrons. The van der Waals surface area contributed by atoms with Crippen LogP contribution in [0.1, 0.15) is 36.4 Å². The fourth-order valence-corrected chi connectivity index (χ4v) is 6.27. The highest BCUT2D eigenvalue weighted by Crippen LogP contribution is 2.52. The average Bonchev–Trinajstić information content (AvgIpc) is 3.39. The SMILES string of the molecule is CCOc1ccccc1NS(=O)(=O)c1ccc2c(c1)[C@H]1C=CC[C@H]1[C@@H](c1cc(OC)ccc1OC)N2. The highest BCUT2D eigenvalue weighted by molar-refractivity contribution is 7.92. The Morgan fingerprint density at radius 2 is 1.81 bits per heavy atom. The van der Waals surface area contributed by atoms with Crippen LogP contribution in [0.2, 0.25) is 0 Å². The van der Waals surface area contributed by atoms with Crippen molar-refractivity contribution in [3.8, 4) is 17.2 Å². The first-order chi connectivity index (χ1) is 17.4. The van der Waals surface area contributed by atoms with Gasteiger partial charge in [-0.3, -0.25) is 4.72 Å². The second-order valence-electron chi connectivity index (χ2n) is 8.87. The summed E-state index contributed by atoms with van der Waals surface area (Å²) >= 11 is 0. The lowest BCUT2D eigenvalue weighted by Crippen LogP contribution is -2.29. The van der Waals surface area contributed by atoms with Gasteiger partial charge in [-0.25, -0.2) is 8.42 Å². The molecule has 0 saturated heterocycles. The van der Waals surface area contributed by atoms with Gasteiger partial charge in [-0.2, -0.15) is 0 Å². The van der Waals surface area contributed by atoms with E-state index in [0.29, 0.717) is 18.0 Å². The van der Waals surface area contributed by atoms with Gasteiger partial charge in [0.15, 0.2) is 0 Å². The number of fused-ring (bicyclic) bond motifs is 3. The summed E-state index contributed by atoms with van der Waals surface area (Å²) in [7, 11) is -0.502. The van der Waals surface area contributed by atoms with Crippen LogP contribution in [0.5, 0.6) is 17.2 Å². The predicted molar refractivity (Wildman–Crippen MR) is 141 cm³/mol. The van der Waals surface area contributed by atoms with Crippen molar-refractivity contribution in [3.63, 3.8) is 0 Å². The van der Waals surface area contributed by atoms with Crippen molar-refractivity contribution >= 4 is 21.4 Å². The monoisotopic (exact) mass is 506 g/mol. The first-order valence-corrected chi connectivity index (χ1v) is 13.5. The van der Waals surface area contributed by atoms with Crippen LogP contribution in [-0.2, 0) is 10.0 Å². The van der Waals surface area contributed by atoms with Gasteiger partial charge in [-0.05, 0) is 73.4 Å². The molecule has 0 bridgehead atoms. The number of nitrogens with one attached hydrogen (secondary N) is 2. The van der Waals surface area contributed by atoms with Crippen LogP contribution < -0.4 is 24.2 Å². The van der Waals surface area contributed by atoms with Gasteiger partial charge in [0.05, 0.1) is 37.5 Å². The number of methoxy groups -OCH3 is 2. The van der Waals surface area contributed by atoms with Gasteiger partial charge in [0, 0.05) is 17.2 Å². The van der Waals surface area contributed by atoms with Crippen LogP contribution in [0.25, 0.3) is 0 Å². The maximum absolute atomic E-state index is 13.3. The van der Waals surface area contributed by atoms with Crippen molar-refractivity contribution in [2.45, 2.75) is 30.2 Å². The molecule has 0 amide bonds. The molecule has 5 rings (SSSR count). The second kappa shape index (κ2) is 9.78. The van der Waals surface area contributed by atoms with Crippen LogP contribution in [0.4, 0.5) is 11.4 Å². The Labute approximate surface area is 212 Å². The number of anilines is 2. The van der Waals surface area contributed by atoms with Crippen LogP contribution in [0, 0.1) is 5.92 Å². The van der Waals surface area contributed by atoms with Gasteiger partial charge in [0.25, 0.3) is 10.0 Å². The lowest BCUT2D eigenvalue weighted by Gasteiger charge is -2.38. The van der Waals surface area contributed by atoms with Crippen molar-refractivity contribution in [2.24, 2.45) is 5.92 Å². The molecule has 7 nitrogen and oxygen atoms in total. The molecule has 2 N–H and O–H groups in total. The Morgan fingerprint density at radius 3 is 2.58 bits per heavy atom. The molecule has 3 aromatic carbocycles. The molecular weight excluding hydrogens is 476 g/mol. The van der Waals surface area contributed by atoms with E-state index in [-0.39, 0.29) is 22.8 Å². The summed E-state index contributed by atoms with van der Waals surface area (Å²) in [6.45, 7) is 2.31. The van der Waals surface area contributed by atoms with Crippen LogP contribution in [-0.4, -0.2) is 29.2 Å². The zero-order valence-electron chi connectivity index (χ0n) is 20.5. The molecule has 3 aromatic rings. The number of hydrogen-bond acceptors (Lipinski definition) is 6. The summed E-state index contributed by atoms with van der Waals surface area (Å²) in [6.07, 6.45) is 5.22. The molecule has 0 aromatic heterocycles. The number of rotatable bonds is 8. The molecule has 0 saturated carbocycles. The van der Waals surface area contributed by atoms with Gasteiger partial charge >= 0.3 is 0 Å². The van der Waals surface area contributed by atoms with E-state index in [1.165, 1.54) is 0 Å². The molecule has 0 radical (unpaired) electrons. The largest absolute Gasteiger partial charge is 0.497 e. The number of benzene rings is 3. The fourth-order valence-electron chi connectivity index (χ4n) is 5.17. The standard InChI is InChI=1S/C28H30N2O5S/c1-4-35-27-11-6-5-10-25(27)30-36(31,32)19-13-14-24-22(17-19)20-8-7-9-21(20)28(29-24)23-16-18(33-2)12-15-26(23)34-3/h5-8,10-17,20-21,28-30H,4,9H2,1-3H3/t20-,21+,28-/m0/s1. The molecule has 1 heterocycles. The normalized spacial score (nSPS) is 20.1. The molecule has 36 heavy (non-hydrogen) atoms. The van der Waals surface area contributed by atoms with Gasteiger partial charge in [-0.1, -0.05) is 24.3 Å². The summed E-state index contributed by atoms with van der Waals surface area (Å²) in [5, 5.41) is 3.65. The van der Waals surface area contributed by atoms with E-state index in [0.717, 1.165) is 34.7 Å². The summed E-state index contributed by atoms with van der Waals surface area (Å²) < 4.78 is 46.1. The van der Waals surface area contributed by atoms with Crippen molar-refractivity contribution < 1.29 is 22.6 Å². The molecule has 1 aliphatic carbocycles. The van der Waals surface area contributed by atoms with Gasteiger partial charge in [-0.15, -0.1) is 0 Å². The predicted octanol–water partition coefficient (Wildman–Crippen LogP) is 5.73. The lowest BCUT2D eigenvalue weighted by atomic mass is 9.77. The zero-order valence-corrected chi connectivity index (χ0v) is 21.3. The molecular formula is C28H30N2O5S. The minimum atomic E-state index is -3.82. The molecule has 1 aliphatic heterocycles. The summed E-state index contributed by atoms with van der Waals surface area (Å²) in [4.78, 5) is 0.214. The van der Waals surface area contributed by atoms with Crippen molar-refractivity contribution in [2.75, 3.05) is 30.9 Å². The minimum absolute atomic E-state index is 0.0128. The van der Waals surface area contributed by atoms with Gasteiger partial charge < -0.3 is 19.5 Å². The number of ether oxygens (including phenoxy) is 3. The highest BCUT2D eigenvalue weighted by atomic mass is 32.2. The van der Waals surface area contributed by atoms with Gasteiger partial charge in [0.1, 0.15) is 17.2 Å². The van der Waals surface area contributed by atoms with Crippen LogP contribution in [0.3, 0.4) is 0 Å². The summed E-state index contributed by atoms with van der Waals surface area (Å²) in [5.74, 6) is 2.34. The van der Waals surface area contributed by atoms with Crippen molar-refractivity contribution in [1.29, 1.82) is 0 Å². The topological polar surface area (TPSA) is 85.9 Å². The lowest BCUT2D eigenvalue weighted by molar-refractivity contribution is 0.342. The zero-order chi connectivity index (χ0) is 25.3. The van der Waals surface area contributed by atoms with Crippen molar-refractivity contribution in [1.82, 2.24) is 0 Å². The smallest absolute Gasteiger partial charge is 0.262 e. The third-order valence-corrected chi connectivity index (χ3v) is 8.21. The second-order valence-corrected chi connectivity index (χ2v) is 10.5. The van der Waals surface area contributed by atoms with Crippen LogP contribution in [0.15, 0.2) is 77.7 Å². The third-order valence-electron chi connectivity index (χ3n) is 6.85. The average molecular weight is 507 g/mol. The molecule has 0 fully saturated rings. The Morgan fingerprint density at radius 1 is 0.972 bits per heavy atom. The summed E-state index contributed by atoms with van der Waals surface area (Å²) in [5.41, 5.74) is 3.31. The van der Waals surface area contributed by atoms with E-state index in [9.17, 15) is 8.42 Å². The quantitative estimate of drug-likeness (QED) is 0.380.